The molecule has 0 aliphatic rings. The zero-order valence-electron chi connectivity index (χ0n) is 15.0. The van der Waals surface area contributed by atoms with Gasteiger partial charge in [-0.15, -0.1) is 0 Å². The van der Waals surface area contributed by atoms with Crippen molar-refractivity contribution < 1.29 is 13.2 Å². The lowest BCUT2D eigenvalue weighted by Crippen LogP contribution is -2.24. The summed E-state index contributed by atoms with van der Waals surface area (Å²) in [5.41, 5.74) is 3.25. The molecule has 2 rings (SSSR count). The molecule has 0 bridgehead atoms. The van der Waals surface area contributed by atoms with Crippen LogP contribution in [0.3, 0.4) is 0 Å². The summed E-state index contributed by atoms with van der Waals surface area (Å²) < 4.78 is 27.5. The van der Waals surface area contributed by atoms with Crippen molar-refractivity contribution in [3.63, 3.8) is 0 Å². The van der Waals surface area contributed by atoms with Crippen LogP contribution in [0.15, 0.2) is 47.4 Å². The molecule has 0 atom stereocenters. The lowest BCUT2D eigenvalue weighted by Gasteiger charge is -2.11. The number of nitrogens with one attached hydrogen (secondary N) is 2. The molecule has 0 aromatic heterocycles. The topological polar surface area (TPSA) is 75.3 Å². The van der Waals surface area contributed by atoms with E-state index in [0.717, 1.165) is 16.7 Å². The van der Waals surface area contributed by atoms with Crippen molar-refractivity contribution in [2.45, 2.75) is 39.1 Å². The molecule has 2 N–H and O–H groups in total. The van der Waals surface area contributed by atoms with E-state index >= 15 is 0 Å². The maximum absolute atomic E-state index is 12.5. The Morgan fingerprint density at radius 3 is 2.24 bits per heavy atom. The monoisotopic (exact) mass is 360 g/mol. The van der Waals surface area contributed by atoms with Crippen molar-refractivity contribution in [3.05, 3.63) is 59.2 Å². The molecule has 2 aromatic carbocycles. The van der Waals surface area contributed by atoms with E-state index in [4.69, 9.17) is 0 Å². The molecule has 25 heavy (non-hydrogen) atoms. The fraction of sp³-hybridized carbons (Fsp3) is 0.316. The fourth-order valence-corrected chi connectivity index (χ4v) is 3.59. The molecule has 0 spiro atoms. The lowest BCUT2D eigenvalue weighted by atomic mass is 10.2. The maximum atomic E-state index is 12.5. The van der Waals surface area contributed by atoms with Crippen LogP contribution in [-0.4, -0.2) is 14.3 Å². The van der Waals surface area contributed by atoms with E-state index in [1.165, 1.54) is 0 Å². The van der Waals surface area contributed by atoms with E-state index in [1.807, 2.05) is 26.8 Å². The molecule has 1 amide bonds. The Kier molecular flexibility index (Phi) is 5.98. The molecule has 6 heteroatoms. The van der Waals surface area contributed by atoms with Gasteiger partial charge in [0, 0.05) is 18.2 Å². The van der Waals surface area contributed by atoms with Crippen LogP contribution in [-0.2, 0) is 21.4 Å². The van der Waals surface area contributed by atoms with E-state index < -0.39 is 10.0 Å². The highest BCUT2D eigenvalue weighted by Gasteiger charge is 2.16. The molecule has 0 radical (unpaired) electrons. The summed E-state index contributed by atoms with van der Waals surface area (Å²) in [6.07, 6.45) is 0. The molecule has 0 fully saturated rings. The molecule has 0 heterocycles. The minimum absolute atomic E-state index is 0.0525. The van der Waals surface area contributed by atoms with Crippen LogP contribution in [0.1, 0.15) is 30.5 Å². The largest absolute Gasteiger partial charge is 0.326 e. The van der Waals surface area contributed by atoms with Gasteiger partial charge in [-0.25, -0.2) is 13.1 Å². The van der Waals surface area contributed by atoms with Gasteiger partial charge in [0.2, 0.25) is 15.9 Å². The third-order valence-electron chi connectivity index (χ3n) is 3.83. The number of sulfonamides is 1. The van der Waals surface area contributed by atoms with Crippen molar-refractivity contribution in [2.75, 3.05) is 5.32 Å². The summed E-state index contributed by atoms with van der Waals surface area (Å²) in [5.74, 6) is -0.146. The minimum Gasteiger partial charge on any atom is -0.326 e. The Labute approximate surface area is 149 Å². The SMILES string of the molecule is Cc1ccc(S(=O)(=O)NCc2ccc(NC(=O)C(C)C)cc2)c(C)c1. The third kappa shape index (κ3) is 5.14. The van der Waals surface area contributed by atoms with E-state index in [-0.39, 0.29) is 18.4 Å². The average Bonchev–Trinajstić information content (AvgIpc) is 2.53. The molecule has 2 aromatic rings. The summed E-state index contributed by atoms with van der Waals surface area (Å²) in [4.78, 5) is 12.0. The molecular weight excluding hydrogens is 336 g/mol. The summed E-state index contributed by atoms with van der Waals surface area (Å²) in [6, 6.07) is 12.4. The van der Waals surface area contributed by atoms with Gasteiger partial charge in [-0.3, -0.25) is 4.79 Å². The first kappa shape index (κ1) is 19.1. The zero-order chi connectivity index (χ0) is 18.6. The number of benzene rings is 2. The van der Waals surface area contributed by atoms with Crippen molar-refractivity contribution in [2.24, 2.45) is 5.92 Å². The maximum Gasteiger partial charge on any atom is 0.241 e. The molecule has 0 saturated carbocycles. The van der Waals surface area contributed by atoms with E-state index in [1.54, 1.807) is 43.3 Å². The van der Waals surface area contributed by atoms with Gasteiger partial charge in [-0.1, -0.05) is 43.7 Å². The van der Waals surface area contributed by atoms with Crippen LogP contribution >= 0.6 is 0 Å². The van der Waals surface area contributed by atoms with Crippen LogP contribution in [0.25, 0.3) is 0 Å². The third-order valence-corrected chi connectivity index (χ3v) is 5.39. The summed E-state index contributed by atoms with van der Waals surface area (Å²) in [7, 11) is -3.57. The first-order valence-corrected chi connectivity index (χ1v) is 9.64. The van der Waals surface area contributed by atoms with Gasteiger partial charge in [0.05, 0.1) is 4.90 Å². The first-order chi connectivity index (χ1) is 11.7. The van der Waals surface area contributed by atoms with Crippen molar-refractivity contribution in [3.8, 4) is 0 Å². The van der Waals surface area contributed by atoms with Crippen molar-refractivity contribution in [1.82, 2.24) is 4.72 Å². The molecule has 0 saturated heterocycles. The Morgan fingerprint density at radius 1 is 1.04 bits per heavy atom. The Bertz CT molecular complexity index is 857. The van der Waals surface area contributed by atoms with Crippen molar-refractivity contribution in [1.29, 1.82) is 0 Å². The van der Waals surface area contributed by atoms with Gasteiger partial charge in [-0.2, -0.15) is 0 Å². The summed E-state index contributed by atoms with van der Waals surface area (Å²) in [6.45, 7) is 7.55. The van der Waals surface area contributed by atoms with E-state index in [2.05, 4.69) is 10.0 Å². The average molecular weight is 360 g/mol. The van der Waals surface area contributed by atoms with Crippen LogP contribution in [0.5, 0.6) is 0 Å². The second-order valence-corrected chi connectivity index (χ2v) is 8.17. The molecule has 5 nitrogen and oxygen atoms in total. The second kappa shape index (κ2) is 7.80. The lowest BCUT2D eigenvalue weighted by molar-refractivity contribution is -0.118. The summed E-state index contributed by atoms with van der Waals surface area (Å²) in [5, 5.41) is 2.80. The van der Waals surface area contributed by atoms with Gasteiger partial charge in [0.25, 0.3) is 0 Å². The zero-order valence-corrected chi connectivity index (χ0v) is 15.8. The van der Waals surface area contributed by atoms with E-state index in [0.29, 0.717) is 10.6 Å². The minimum atomic E-state index is -3.57. The molecule has 134 valence electrons. The number of hydrogen-bond donors (Lipinski definition) is 2. The van der Waals surface area contributed by atoms with Gasteiger partial charge in [-0.05, 0) is 43.2 Å². The number of aryl methyl sites for hydroxylation is 2. The van der Waals surface area contributed by atoms with Gasteiger partial charge in [0.1, 0.15) is 0 Å². The smallest absolute Gasteiger partial charge is 0.241 e. The highest BCUT2D eigenvalue weighted by molar-refractivity contribution is 7.89. The second-order valence-electron chi connectivity index (χ2n) is 6.43. The van der Waals surface area contributed by atoms with Crippen LogP contribution < -0.4 is 10.0 Å². The number of anilines is 1. The highest BCUT2D eigenvalue weighted by Crippen LogP contribution is 2.17. The Morgan fingerprint density at radius 2 is 1.68 bits per heavy atom. The normalized spacial score (nSPS) is 11.6. The predicted octanol–water partition coefficient (Wildman–Crippen LogP) is 3.38. The van der Waals surface area contributed by atoms with Crippen LogP contribution in [0.4, 0.5) is 5.69 Å². The highest BCUT2D eigenvalue weighted by atomic mass is 32.2. The molecule has 0 aliphatic heterocycles. The molecular formula is C19H24N2O3S. The number of carbonyl (C=O) groups excluding carboxylic acids is 1. The van der Waals surface area contributed by atoms with Crippen LogP contribution in [0, 0.1) is 19.8 Å². The Balaban J connectivity index is 2.04. The molecule has 0 unspecified atom stereocenters. The fourth-order valence-electron chi connectivity index (χ4n) is 2.35. The Hall–Kier alpha value is -2.18. The number of carbonyl (C=O) groups is 1. The number of rotatable bonds is 6. The standard InChI is InChI=1S/C19H24N2O3S/c1-13(2)19(22)21-17-8-6-16(7-9-17)12-20-25(23,24)18-10-5-14(3)11-15(18)4/h5-11,13,20H,12H2,1-4H3,(H,21,22). The summed E-state index contributed by atoms with van der Waals surface area (Å²) >= 11 is 0. The van der Waals surface area contributed by atoms with Crippen LogP contribution in [0.2, 0.25) is 0 Å². The van der Waals surface area contributed by atoms with Gasteiger partial charge >= 0.3 is 0 Å². The predicted molar refractivity (Wildman–Crippen MR) is 99.9 cm³/mol. The quantitative estimate of drug-likeness (QED) is 0.829. The van der Waals surface area contributed by atoms with Crippen molar-refractivity contribution >= 4 is 21.6 Å². The first-order valence-electron chi connectivity index (χ1n) is 8.16. The molecule has 0 aliphatic carbocycles. The van der Waals surface area contributed by atoms with Gasteiger partial charge < -0.3 is 5.32 Å². The number of amides is 1. The van der Waals surface area contributed by atoms with E-state index in [9.17, 15) is 13.2 Å². The van der Waals surface area contributed by atoms with Gasteiger partial charge in [0.15, 0.2) is 0 Å². The number of hydrogen-bond acceptors (Lipinski definition) is 3.